The van der Waals surface area contributed by atoms with Crippen LogP contribution in [0.3, 0.4) is 0 Å². The first-order valence-electron chi connectivity index (χ1n) is 7.12. The zero-order valence-corrected chi connectivity index (χ0v) is 14.0. The quantitative estimate of drug-likeness (QED) is 0.450. The normalized spacial score (nSPS) is 11.2. The maximum Gasteiger partial charge on any atom is 0.264 e. The topological polar surface area (TPSA) is 64.6 Å². The molecule has 0 spiro atoms. The van der Waals surface area contributed by atoms with E-state index >= 15 is 0 Å². The van der Waals surface area contributed by atoms with E-state index in [2.05, 4.69) is 16.2 Å². The highest BCUT2D eigenvalue weighted by molar-refractivity contribution is 7.85. The molecule has 0 saturated heterocycles. The third-order valence-corrected chi connectivity index (χ3v) is 3.68. The number of halogens is 1. The van der Waals surface area contributed by atoms with E-state index in [1.807, 2.05) is 24.3 Å². The number of hydrogen-bond acceptors (Lipinski definition) is 5. The molecule has 0 atom stereocenters. The van der Waals surface area contributed by atoms with E-state index in [-0.39, 0.29) is 19.0 Å². The van der Waals surface area contributed by atoms with Gasteiger partial charge in [0.1, 0.15) is 5.82 Å². The van der Waals surface area contributed by atoms with Gasteiger partial charge in [-0.15, -0.1) is 0 Å². The third-order valence-electron chi connectivity index (χ3n) is 3.09. The molecule has 0 fully saturated rings. The minimum atomic E-state index is -3.46. The van der Waals surface area contributed by atoms with Crippen molar-refractivity contribution >= 4 is 15.8 Å². The molecule has 0 radical (unpaired) electrons. The molecule has 0 aliphatic heterocycles. The van der Waals surface area contributed by atoms with E-state index in [1.54, 1.807) is 12.1 Å². The Hall–Kier alpha value is -2.22. The Bertz CT molecular complexity index is 786. The largest absolute Gasteiger partial charge is 0.274 e. The Labute approximate surface area is 140 Å². The molecular weight excluding hydrogens is 333 g/mol. The molecule has 0 bridgehead atoms. The zero-order chi connectivity index (χ0) is 17.6. The lowest BCUT2D eigenvalue weighted by atomic mass is 10.0. The van der Waals surface area contributed by atoms with Crippen LogP contribution in [0, 0.1) is 5.82 Å². The molecule has 128 valence electrons. The first-order chi connectivity index (χ1) is 11.3. The first-order valence-corrected chi connectivity index (χ1v) is 8.94. The van der Waals surface area contributed by atoms with Gasteiger partial charge in [0.25, 0.3) is 10.1 Å². The summed E-state index contributed by atoms with van der Waals surface area (Å²) < 4.78 is 39.0. The summed E-state index contributed by atoms with van der Waals surface area (Å²) in [4.78, 5) is 5.09. The Morgan fingerprint density at radius 1 is 1.04 bits per heavy atom. The number of hydroxylamine groups is 1. The average Bonchev–Trinajstić information content (AvgIpc) is 2.54. The summed E-state index contributed by atoms with van der Waals surface area (Å²) >= 11 is 0. The third kappa shape index (κ3) is 5.77. The Morgan fingerprint density at radius 3 is 2.12 bits per heavy atom. The van der Waals surface area contributed by atoms with Crippen LogP contribution in [0.4, 0.5) is 4.39 Å². The SMILES string of the molecule is C=C(NOCCOS(C)(=O)=O)c1ccc(-c2ccc(F)cc2)cc1. The summed E-state index contributed by atoms with van der Waals surface area (Å²) in [6.07, 6.45) is 0.974. The maximum absolute atomic E-state index is 12.9. The van der Waals surface area contributed by atoms with Crippen LogP contribution in [-0.4, -0.2) is 27.9 Å². The highest BCUT2D eigenvalue weighted by atomic mass is 32.2. The van der Waals surface area contributed by atoms with E-state index in [1.165, 1.54) is 12.1 Å². The van der Waals surface area contributed by atoms with Crippen LogP contribution >= 0.6 is 0 Å². The van der Waals surface area contributed by atoms with Crippen LogP contribution in [0.15, 0.2) is 55.1 Å². The molecule has 0 amide bonds. The molecule has 7 heteroatoms. The van der Waals surface area contributed by atoms with Crippen molar-refractivity contribution in [3.8, 4) is 11.1 Å². The Balaban J connectivity index is 1.86. The molecule has 24 heavy (non-hydrogen) atoms. The number of benzene rings is 2. The minimum Gasteiger partial charge on any atom is -0.274 e. The van der Waals surface area contributed by atoms with Crippen molar-refractivity contribution in [2.75, 3.05) is 19.5 Å². The van der Waals surface area contributed by atoms with E-state index in [0.717, 1.165) is 22.9 Å². The molecule has 0 aliphatic rings. The van der Waals surface area contributed by atoms with Crippen molar-refractivity contribution in [2.24, 2.45) is 0 Å². The summed E-state index contributed by atoms with van der Waals surface area (Å²) in [5.41, 5.74) is 5.84. The second kappa shape index (κ2) is 8.05. The first kappa shape index (κ1) is 18.1. The monoisotopic (exact) mass is 351 g/mol. The van der Waals surface area contributed by atoms with Crippen molar-refractivity contribution in [1.29, 1.82) is 0 Å². The molecule has 1 N–H and O–H groups in total. The van der Waals surface area contributed by atoms with Gasteiger partial charge in [0.15, 0.2) is 0 Å². The van der Waals surface area contributed by atoms with Gasteiger partial charge in [-0.2, -0.15) is 8.42 Å². The van der Waals surface area contributed by atoms with Gasteiger partial charge in [-0.3, -0.25) is 14.5 Å². The summed E-state index contributed by atoms with van der Waals surface area (Å²) in [5, 5.41) is 0. The number of rotatable bonds is 8. The Kier molecular flexibility index (Phi) is 6.08. The van der Waals surface area contributed by atoms with Crippen molar-refractivity contribution in [1.82, 2.24) is 5.48 Å². The summed E-state index contributed by atoms with van der Waals surface area (Å²) in [7, 11) is -3.46. The van der Waals surface area contributed by atoms with E-state index in [9.17, 15) is 12.8 Å². The van der Waals surface area contributed by atoms with Gasteiger partial charge in [0, 0.05) is 0 Å². The van der Waals surface area contributed by atoms with E-state index in [0.29, 0.717) is 5.70 Å². The standard InChI is InChI=1S/C17H18FNO4S/c1-13(19-22-11-12-23-24(2,20)21)14-3-5-15(6-4-14)16-7-9-17(18)10-8-16/h3-10,19H,1,11-12H2,2H3. The fourth-order valence-corrected chi connectivity index (χ4v) is 2.30. The molecule has 0 aromatic heterocycles. The van der Waals surface area contributed by atoms with Gasteiger partial charge in [0.05, 0.1) is 25.2 Å². The smallest absolute Gasteiger partial charge is 0.264 e. The van der Waals surface area contributed by atoms with Crippen LogP contribution in [0.5, 0.6) is 0 Å². The lowest BCUT2D eigenvalue weighted by molar-refractivity contribution is 0.0558. The van der Waals surface area contributed by atoms with Gasteiger partial charge in [-0.05, 0) is 28.8 Å². The van der Waals surface area contributed by atoms with Crippen molar-refractivity contribution in [2.45, 2.75) is 0 Å². The molecule has 0 saturated carbocycles. The fraction of sp³-hybridized carbons (Fsp3) is 0.176. The molecular formula is C17H18FNO4S. The molecule has 0 unspecified atom stereocenters. The zero-order valence-electron chi connectivity index (χ0n) is 13.2. The van der Waals surface area contributed by atoms with Gasteiger partial charge in [-0.1, -0.05) is 43.0 Å². The number of nitrogens with one attached hydrogen (secondary N) is 1. The predicted octanol–water partition coefficient (Wildman–Crippen LogP) is 2.96. The van der Waals surface area contributed by atoms with Crippen LogP contribution in [0.1, 0.15) is 5.56 Å². The highest BCUT2D eigenvalue weighted by Crippen LogP contribution is 2.21. The predicted molar refractivity (Wildman–Crippen MR) is 90.8 cm³/mol. The second-order valence-corrected chi connectivity index (χ2v) is 6.68. The lowest BCUT2D eigenvalue weighted by Crippen LogP contribution is -2.17. The molecule has 2 rings (SSSR count). The Morgan fingerprint density at radius 2 is 1.58 bits per heavy atom. The molecule has 2 aromatic rings. The minimum absolute atomic E-state index is 0.0553. The summed E-state index contributed by atoms with van der Waals surface area (Å²) in [6, 6.07) is 13.7. The van der Waals surface area contributed by atoms with Crippen molar-refractivity contribution in [3.63, 3.8) is 0 Å². The molecule has 0 heterocycles. The van der Waals surface area contributed by atoms with Gasteiger partial charge >= 0.3 is 0 Å². The van der Waals surface area contributed by atoms with Gasteiger partial charge in [0.2, 0.25) is 0 Å². The number of hydrogen-bond donors (Lipinski definition) is 1. The van der Waals surface area contributed by atoms with E-state index < -0.39 is 10.1 Å². The van der Waals surface area contributed by atoms with Crippen LogP contribution in [0.2, 0.25) is 0 Å². The highest BCUT2D eigenvalue weighted by Gasteiger charge is 2.03. The van der Waals surface area contributed by atoms with Crippen molar-refractivity contribution < 1.29 is 21.8 Å². The van der Waals surface area contributed by atoms with E-state index in [4.69, 9.17) is 4.84 Å². The summed E-state index contributed by atoms with van der Waals surface area (Å²) in [5.74, 6) is -0.273. The molecule has 2 aromatic carbocycles. The van der Waals surface area contributed by atoms with Gasteiger partial charge in [-0.25, -0.2) is 4.39 Å². The fourth-order valence-electron chi connectivity index (χ4n) is 1.93. The van der Waals surface area contributed by atoms with Crippen LogP contribution < -0.4 is 5.48 Å². The molecule has 0 aliphatic carbocycles. The maximum atomic E-state index is 12.9. The van der Waals surface area contributed by atoms with Gasteiger partial charge < -0.3 is 0 Å². The van der Waals surface area contributed by atoms with Crippen LogP contribution in [-0.2, 0) is 19.1 Å². The summed E-state index contributed by atoms with van der Waals surface area (Å²) in [6.45, 7) is 3.82. The average molecular weight is 351 g/mol. The second-order valence-electron chi connectivity index (χ2n) is 5.04. The van der Waals surface area contributed by atoms with Crippen molar-refractivity contribution in [3.05, 3.63) is 66.5 Å². The van der Waals surface area contributed by atoms with Crippen LogP contribution in [0.25, 0.3) is 16.8 Å². The lowest BCUT2D eigenvalue weighted by Gasteiger charge is -2.10. The molecule has 5 nitrogen and oxygen atoms in total.